The lowest BCUT2D eigenvalue weighted by Crippen LogP contribution is -2.22. The molecule has 1 aromatic rings. The highest BCUT2D eigenvalue weighted by Gasteiger charge is 2.25. The van der Waals surface area contributed by atoms with E-state index in [0.29, 0.717) is 13.1 Å². The number of nitrogens with zero attached hydrogens (tertiary/aromatic N) is 2. The molecule has 0 saturated carbocycles. The molecular formula is C8H8N2O3S. The van der Waals surface area contributed by atoms with Gasteiger partial charge in [-0.2, -0.15) is 0 Å². The molecule has 1 aliphatic rings. The van der Waals surface area contributed by atoms with Crippen molar-refractivity contribution >= 4 is 23.6 Å². The number of hydrogen-bond acceptors (Lipinski definition) is 4. The van der Waals surface area contributed by atoms with Gasteiger partial charge in [-0.3, -0.25) is 4.90 Å². The molecule has 14 heavy (non-hydrogen) atoms. The van der Waals surface area contributed by atoms with Crippen LogP contribution >= 0.6 is 11.3 Å². The van der Waals surface area contributed by atoms with Gasteiger partial charge in [0, 0.05) is 0 Å². The molecule has 0 fully saturated rings. The Morgan fingerprint density at radius 3 is 3.07 bits per heavy atom. The zero-order valence-electron chi connectivity index (χ0n) is 7.17. The Balaban J connectivity index is 2.27. The van der Waals surface area contributed by atoms with Gasteiger partial charge in [-0.1, -0.05) is 5.16 Å². The summed E-state index contributed by atoms with van der Waals surface area (Å²) in [6.07, 6.45) is 0.424. The van der Waals surface area contributed by atoms with E-state index in [4.69, 9.17) is 10.3 Å². The van der Waals surface area contributed by atoms with Crippen LogP contribution in [-0.2, 0) is 13.1 Å². The topological polar surface area (TPSA) is 73.1 Å². The van der Waals surface area contributed by atoms with Crippen LogP contribution in [0, 0.1) is 0 Å². The molecule has 2 N–H and O–H groups in total. The van der Waals surface area contributed by atoms with Crippen LogP contribution in [-0.4, -0.2) is 27.5 Å². The van der Waals surface area contributed by atoms with Crippen LogP contribution < -0.4 is 0 Å². The fourth-order valence-electron chi connectivity index (χ4n) is 1.50. The minimum Gasteiger partial charge on any atom is -0.465 e. The molecule has 2 rings (SSSR count). The van der Waals surface area contributed by atoms with Crippen LogP contribution in [0.1, 0.15) is 16.0 Å². The first-order chi connectivity index (χ1) is 6.72. The second-order valence-electron chi connectivity index (χ2n) is 2.99. The lowest BCUT2D eigenvalue weighted by Gasteiger charge is -2.09. The number of oxime groups is 1. The quantitative estimate of drug-likeness (QED) is 0.421. The fraction of sp³-hybridized carbons (Fsp3) is 0.250. The largest absolute Gasteiger partial charge is 0.465 e. The van der Waals surface area contributed by atoms with Gasteiger partial charge in [0.25, 0.3) is 0 Å². The molecule has 1 aromatic heterocycles. The summed E-state index contributed by atoms with van der Waals surface area (Å²) in [7, 11) is 0. The molecule has 5 nitrogen and oxygen atoms in total. The van der Waals surface area contributed by atoms with Gasteiger partial charge in [-0.05, 0) is 16.5 Å². The van der Waals surface area contributed by atoms with Crippen LogP contribution in [0.5, 0.6) is 0 Å². The van der Waals surface area contributed by atoms with E-state index in [2.05, 4.69) is 5.16 Å². The molecule has 0 aliphatic carbocycles. The highest BCUT2D eigenvalue weighted by atomic mass is 32.1. The lowest BCUT2D eigenvalue weighted by atomic mass is 10.2. The Kier molecular flexibility index (Phi) is 2.12. The first-order valence-corrected chi connectivity index (χ1v) is 4.85. The van der Waals surface area contributed by atoms with E-state index in [1.54, 1.807) is 0 Å². The molecule has 0 unspecified atom stereocenters. The Morgan fingerprint density at radius 1 is 1.64 bits per heavy atom. The van der Waals surface area contributed by atoms with Crippen LogP contribution in [0.2, 0.25) is 0 Å². The Morgan fingerprint density at radius 2 is 2.43 bits per heavy atom. The highest BCUT2D eigenvalue weighted by Crippen LogP contribution is 2.29. The minimum atomic E-state index is -0.918. The molecule has 1 aliphatic heterocycles. The summed E-state index contributed by atoms with van der Waals surface area (Å²) in [6, 6.07) is 0. The zero-order chi connectivity index (χ0) is 10.1. The van der Waals surface area contributed by atoms with Gasteiger partial charge in [0.15, 0.2) is 0 Å². The van der Waals surface area contributed by atoms with E-state index < -0.39 is 6.09 Å². The van der Waals surface area contributed by atoms with Crippen molar-refractivity contribution in [3.05, 3.63) is 21.4 Å². The Labute approximate surface area is 83.9 Å². The molecule has 0 saturated heterocycles. The van der Waals surface area contributed by atoms with Crippen LogP contribution in [0.4, 0.5) is 4.79 Å². The van der Waals surface area contributed by atoms with E-state index in [1.165, 1.54) is 22.5 Å². The number of amides is 1. The van der Waals surface area contributed by atoms with Gasteiger partial charge in [0.05, 0.1) is 24.2 Å². The van der Waals surface area contributed by atoms with Gasteiger partial charge in [-0.15, -0.1) is 11.3 Å². The van der Waals surface area contributed by atoms with Gasteiger partial charge >= 0.3 is 6.09 Å². The molecule has 0 radical (unpaired) electrons. The molecule has 0 bridgehead atoms. The standard InChI is InChI=1S/C8H8N2O3S/c11-8(12)10-2-5-4-14-7(1-9-13)6(5)3-10/h1,4,13H,2-3H2,(H,11,12)/b9-1-. The number of carbonyl (C=O) groups is 1. The second kappa shape index (κ2) is 3.30. The maximum Gasteiger partial charge on any atom is 0.407 e. The van der Waals surface area contributed by atoms with Crippen molar-refractivity contribution in [1.82, 2.24) is 4.90 Å². The Bertz CT molecular complexity index is 399. The van der Waals surface area contributed by atoms with E-state index in [1.807, 2.05) is 5.38 Å². The summed E-state index contributed by atoms with van der Waals surface area (Å²) in [5, 5.41) is 22.0. The van der Waals surface area contributed by atoms with E-state index >= 15 is 0 Å². The molecular weight excluding hydrogens is 204 g/mol. The molecule has 74 valence electrons. The summed E-state index contributed by atoms with van der Waals surface area (Å²) in [4.78, 5) is 12.8. The first-order valence-electron chi connectivity index (χ1n) is 3.97. The molecule has 0 aromatic carbocycles. The van der Waals surface area contributed by atoms with Crippen molar-refractivity contribution < 1.29 is 15.1 Å². The summed E-state index contributed by atoms with van der Waals surface area (Å²) in [5.74, 6) is 0. The molecule has 0 atom stereocenters. The summed E-state index contributed by atoms with van der Waals surface area (Å²) in [5.41, 5.74) is 1.96. The van der Waals surface area contributed by atoms with Crippen LogP contribution in [0.3, 0.4) is 0 Å². The number of thiophene rings is 1. The number of rotatable bonds is 1. The maximum atomic E-state index is 10.7. The number of fused-ring (bicyclic) bond motifs is 1. The van der Waals surface area contributed by atoms with E-state index in [9.17, 15) is 4.79 Å². The van der Waals surface area contributed by atoms with Gasteiger partial charge < -0.3 is 10.3 Å². The van der Waals surface area contributed by atoms with Crippen molar-refractivity contribution in [2.45, 2.75) is 13.1 Å². The normalized spacial score (nSPS) is 15.0. The molecule has 6 heteroatoms. The third kappa shape index (κ3) is 1.33. The predicted molar refractivity (Wildman–Crippen MR) is 51.0 cm³/mol. The van der Waals surface area contributed by atoms with Gasteiger partial charge in [0.1, 0.15) is 0 Å². The zero-order valence-corrected chi connectivity index (χ0v) is 7.99. The second-order valence-corrected chi connectivity index (χ2v) is 3.90. The smallest absolute Gasteiger partial charge is 0.407 e. The number of hydrogen-bond donors (Lipinski definition) is 2. The van der Waals surface area contributed by atoms with E-state index in [-0.39, 0.29) is 0 Å². The van der Waals surface area contributed by atoms with Crippen molar-refractivity contribution in [2.75, 3.05) is 0 Å². The third-order valence-electron chi connectivity index (χ3n) is 2.17. The summed E-state index contributed by atoms with van der Waals surface area (Å²) >= 11 is 1.46. The number of carboxylic acid groups (broad SMARTS) is 1. The first kappa shape index (κ1) is 9.01. The average Bonchev–Trinajstić information content (AvgIpc) is 2.67. The SMILES string of the molecule is O=C(O)N1Cc2csc(/C=N\O)c2C1. The summed E-state index contributed by atoms with van der Waals surface area (Å²) < 4.78 is 0. The highest BCUT2D eigenvalue weighted by molar-refractivity contribution is 7.12. The van der Waals surface area contributed by atoms with Crippen molar-refractivity contribution in [3.8, 4) is 0 Å². The fourth-order valence-corrected chi connectivity index (χ4v) is 2.43. The average molecular weight is 212 g/mol. The predicted octanol–water partition coefficient (Wildman–Crippen LogP) is 1.55. The summed E-state index contributed by atoms with van der Waals surface area (Å²) in [6.45, 7) is 0.815. The maximum absolute atomic E-state index is 10.7. The monoisotopic (exact) mass is 212 g/mol. The van der Waals surface area contributed by atoms with Crippen molar-refractivity contribution in [2.24, 2.45) is 5.16 Å². The molecule has 2 heterocycles. The lowest BCUT2D eigenvalue weighted by molar-refractivity contribution is 0.145. The molecule has 1 amide bonds. The van der Waals surface area contributed by atoms with Crippen LogP contribution in [0.25, 0.3) is 0 Å². The van der Waals surface area contributed by atoms with Gasteiger partial charge in [0.2, 0.25) is 0 Å². The minimum absolute atomic E-state index is 0.384. The van der Waals surface area contributed by atoms with Crippen LogP contribution in [0.15, 0.2) is 10.5 Å². The Hall–Kier alpha value is -1.56. The van der Waals surface area contributed by atoms with Gasteiger partial charge in [-0.25, -0.2) is 4.79 Å². The third-order valence-corrected chi connectivity index (χ3v) is 3.18. The van der Waals surface area contributed by atoms with Crippen molar-refractivity contribution in [3.63, 3.8) is 0 Å². The van der Waals surface area contributed by atoms with Crippen molar-refractivity contribution in [1.29, 1.82) is 0 Å². The van der Waals surface area contributed by atoms with E-state index in [0.717, 1.165) is 16.0 Å². The molecule has 0 spiro atoms.